The summed E-state index contributed by atoms with van der Waals surface area (Å²) in [5, 5.41) is 0.210. The Morgan fingerprint density at radius 3 is 2.08 bits per heavy atom. The van der Waals surface area contributed by atoms with E-state index < -0.39 is 0 Å². The number of hydrogen-bond acceptors (Lipinski definition) is 3. The fourth-order valence-electron chi connectivity index (χ4n) is 2.93. The third-order valence-corrected chi connectivity index (χ3v) is 5.57. The Hall–Kier alpha value is -2.33. The molecule has 0 aromatic heterocycles. The van der Waals surface area contributed by atoms with Gasteiger partial charge in [0.05, 0.1) is 16.2 Å². The third kappa shape index (κ3) is 3.34. The summed E-state index contributed by atoms with van der Waals surface area (Å²) in [7, 11) is 0. The van der Waals surface area contributed by atoms with E-state index in [9.17, 15) is 9.59 Å². The zero-order valence-electron chi connectivity index (χ0n) is 15.8. The average molecular weight is 365 g/mol. The van der Waals surface area contributed by atoms with Crippen molar-refractivity contribution in [2.75, 3.05) is 4.90 Å². The van der Waals surface area contributed by atoms with Gasteiger partial charge in [-0.1, -0.05) is 49.7 Å². The standard InChI is InChI=1S/C22H23NO2S/c1-13(2)26-20-19(17-9-8-15(4)16(5)12-17)21(24)23(22(20)25)18-10-6-14(3)7-11-18/h6-13H,1-5H3. The molecule has 1 heterocycles. The van der Waals surface area contributed by atoms with E-state index in [1.807, 2.05) is 77.1 Å². The first-order valence-corrected chi connectivity index (χ1v) is 9.61. The van der Waals surface area contributed by atoms with Crippen LogP contribution >= 0.6 is 11.8 Å². The predicted molar refractivity (Wildman–Crippen MR) is 109 cm³/mol. The topological polar surface area (TPSA) is 37.4 Å². The molecule has 0 spiro atoms. The van der Waals surface area contributed by atoms with E-state index in [4.69, 9.17) is 0 Å². The molecular formula is C22H23NO2S. The molecule has 0 atom stereocenters. The van der Waals surface area contributed by atoms with Gasteiger partial charge in [0, 0.05) is 5.25 Å². The van der Waals surface area contributed by atoms with E-state index in [2.05, 4.69) is 0 Å². The van der Waals surface area contributed by atoms with Crippen molar-refractivity contribution >= 4 is 34.8 Å². The highest BCUT2D eigenvalue weighted by molar-refractivity contribution is 8.04. The Morgan fingerprint density at radius 1 is 0.846 bits per heavy atom. The second-order valence-electron chi connectivity index (χ2n) is 6.95. The molecule has 4 heteroatoms. The van der Waals surface area contributed by atoms with Gasteiger partial charge in [0.1, 0.15) is 0 Å². The van der Waals surface area contributed by atoms with Gasteiger partial charge in [-0.05, 0) is 49.6 Å². The highest BCUT2D eigenvalue weighted by atomic mass is 32.2. The van der Waals surface area contributed by atoms with Crippen LogP contribution in [0.4, 0.5) is 5.69 Å². The van der Waals surface area contributed by atoms with E-state index in [0.29, 0.717) is 16.2 Å². The maximum Gasteiger partial charge on any atom is 0.272 e. The van der Waals surface area contributed by atoms with Gasteiger partial charge < -0.3 is 0 Å². The second-order valence-corrected chi connectivity index (χ2v) is 8.54. The molecule has 0 unspecified atom stereocenters. The van der Waals surface area contributed by atoms with E-state index in [-0.39, 0.29) is 17.1 Å². The summed E-state index contributed by atoms with van der Waals surface area (Å²) in [5.74, 6) is -0.476. The molecule has 3 nitrogen and oxygen atoms in total. The van der Waals surface area contributed by atoms with Gasteiger partial charge in [0.2, 0.25) is 0 Å². The molecule has 0 N–H and O–H groups in total. The van der Waals surface area contributed by atoms with Gasteiger partial charge in [-0.15, -0.1) is 11.8 Å². The van der Waals surface area contributed by atoms with Crippen LogP contribution in [0.15, 0.2) is 47.4 Å². The van der Waals surface area contributed by atoms with Crippen LogP contribution in [0.2, 0.25) is 0 Å². The van der Waals surface area contributed by atoms with Crippen LogP contribution in [0, 0.1) is 20.8 Å². The molecule has 0 radical (unpaired) electrons. The Morgan fingerprint density at radius 2 is 1.50 bits per heavy atom. The molecule has 0 saturated carbocycles. The number of hydrogen-bond donors (Lipinski definition) is 0. The molecule has 2 aromatic carbocycles. The third-order valence-electron chi connectivity index (χ3n) is 4.48. The predicted octanol–water partition coefficient (Wildman–Crippen LogP) is 5.04. The zero-order valence-corrected chi connectivity index (χ0v) is 16.6. The average Bonchev–Trinajstić information content (AvgIpc) is 2.81. The monoisotopic (exact) mass is 365 g/mol. The van der Waals surface area contributed by atoms with E-state index in [0.717, 1.165) is 16.7 Å². The first-order valence-electron chi connectivity index (χ1n) is 8.73. The van der Waals surface area contributed by atoms with Gasteiger partial charge in [0.15, 0.2) is 0 Å². The van der Waals surface area contributed by atoms with E-state index >= 15 is 0 Å². The van der Waals surface area contributed by atoms with Crippen LogP contribution in [0.25, 0.3) is 5.57 Å². The lowest BCUT2D eigenvalue weighted by Crippen LogP contribution is -2.31. The fourth-order valence-corrected chi connectivity index (χ4v) is 3.92. The number of carbonyl (C=O) groups is 2. The van der Waals surface area contributed by atoms with E-state index in [1.54, 1.807) is 0 Å². The number of aryl methyl sites for hydroxylation is 3. The molecule has 0 aliphatic carbocycles. The molecule has 1 aliphatic heterocycles. The zero-order chi connectivity index (χ0) is 19.0. The molecule has 0 saturated heterocycles. The van der Waals surface area contributed by atoms with Crippen molar-refractivity contribution in [3.63, 3.8) is 0 Å². The molecule has 134 valence electrons. The first kappa shape index (κ1) is 18.5. The summed E-state index contributed by atoms with van der Waals surface area (Å²) in [6.07, 6.45) is 0. The number of anilines is 1. The van der Waals surface area contributed by atoms with Crippen LogP contribution in [-0.2, 0) is 9.59 Å². The molecule has 0 fully saturated rings. The SMILES string of the molecule is Cc1ccc(N2C(=O)C(SC(C)C)=C(c3ccc(C)c(C)c3)C2=O)cc1. The lowest BCUT2D eigenvalue weighted by atomic mass is 10.0. The van der Waals surface area contributed by atoms with Gasteiger partial charge in [-0.3, -0.25) is 9.59 Å². The first-order chi connectivity index (χ1) is 12.3. The number of carbonyl (C=O) groups excluding carboxylic acids is 2. The molecule has 26 heavy (non-hydrogen) atoms. The van der Waals surface area contributed by atoms with Crippen molar-refractivity contribution in [3.05, 3.63) is 69.6 Å². The number of thioether (sulfide) groups is 1. The van der Waals surface area contributed by atoms with Gasteiger partial charge >= 0.3 is 0 Å². The molecule has 3 rings (SSSR count). The number of amides is 2. The molecule has 2 aromatic rings. The highest BCUT2D eigenvalue weighted by Gasteiger charge is 2.40. The molecule has 0 bridgehead atoms. The smallest absolute Gasteiger partial charge is 0.268 e. The maximum atomic E-state index is 13.2. The van der Waals surface area contributed by atoms with Crippen LogP contribution in [0.3, 0.4) is 0 Å². The summed E-state index contributed by atoms with van der Waals surface area (Å²) in [6.45, 7) is 10.1. The van der Waals surface area contributed by atoms with Gasteiger partial charge in [-0.2, -0.15) is 0 Å². The Labute approximate surface area is 159 Å². The summed E-state index contributed by atoms with van der Waals surface area (Å²) >= 11 is 1.46. The van der Waals surface area contributed by atoms with Crippen LogP contribution < -0.4 is 4.90 Å². The van der Waals surface area contributed by atoms with Crippen LogP contribution in [-0.4, -0.2) is 17.1 Å². The molecule has 2 amide bonds. The van der Waals surface area contributed by atoms with E-state index in [1.165, 1.54) is 22.2 Å². The normalized spacial score (nSPS) is 14.8. The van der Waals surface area contributed by atoms with Crippen LogP contribution in [0.1, 0.15) is 36.1 Å². The molecular weight excluding hydrogens is 342 g/mol. The number of rotatable bonds is 4. The number of nitrogens with zero attached hydrogens (tertiary/aromatic N) is 1. The summed E-state index contributed by atoms with van der Waals surface area (Å²) in [4.78, 5) is 28.2. The van der Waals surface area contributed by atoms with Crippen LogP contribution in [0.5, 0.6) is 0 Å². The van der Waals surface area contributed by atoms with Crippen molar-refractivity contribution in [2.24, 2.45) is 0 Å². The van der Waals surface area contributed by atoms with Crippen molar-refractivity contribution in [1.29, 1.82) is 0 Å². The van der Waals surface area contributed by atoms with Crippen molar-refractivity contribution < 1.29 is 9.59 Å². The van der Waals surface area contributed by atoms with Crippen molar-refractivity contribution in [3.8, 4) is 0 Å². The van der Waals surface area contributed by atoms with Gasteiger partial charge in [0.25, 0.3) is 11.8 Å². The minimum absolute atomic E-state index is 0.210. The minimum atomic E-state index is -0.245. The number of imide groups is 1. The second kappa shape index (κ2) is 7.12. The quantitative estimate of drug-likeness (QED) is 0.713. The lowest BCUT2D eigenvalue weighted by Gasteiger charge is -2.15. The highest BCUT2D eigenvalue weighted by Crippen LogP contribution is 2.40. The maximum absolute atomic E-state index is 13.2. The Kier molecular flexibility index (Phi) is 5.05. The lowest BCUT2D eigenvalue weighted by molar-refractivity contribution is -0.119. The number of benzene rings is 2. The summed E-state index contributed by atoms with van der Waals surface area (Å²) in [6, 6.07) is 13.4. The van der Waals surface area contributed by atoms with Crippen molar-refractivity contribution in [2.45, 2.75) is 39.9 Å². The summed E-state index contributed by atoms with van der Waals surface area (Å²) in [5.41, 5.74) is 5.30. The Balaban J connectivity index is 2.12. The largest absolute Gasteiger partial charge is 0.272 e. The fraction of sp³-hybridized carbons (Fsp3) is 0.273. The minimum Gasteiger partial charge on any atom is -0.268 e. The Bertz CT molecular complexity index is 910. The van der Waals surface area contributed by atoms with Crippen molar-refractivity contribution in [1.82, 2.24) is 0 Å². The van der Waals surface area contributed by atoms with Gasteiger partial charge in [-0.25, -0.2) is 4.90 Å². The molecule has 1 aliphatic rings. The summed E-state index contributed by atoms with van der Waals surface area (Å²) < 4.78 is 0.